The number of aromatic nitrogens is 2. The molecular weight excluding hydrogens is 266 g/mol. The number of primary amides is 1. The molecule has 0 bridgehead atoms. The van der Waals surface area contributed by atoms with Gasteiger partial charge in [0.15, 0.2) is 0 Å². The average molecular weight is 279 g/mol. The predicted molar refractivity (Wildman–Crippen MR) is 80.0 cm³/mol. The molecule has 1 amide bonds. The van der Waals surface area contributed by atoms with Crippen LogP contribution in [0.4, 0.5) is 0 Å². The number of ether oxygens (including phenoxy) is 1. The second kappa shape index (κ2) is 5.20. The fraction of sp³-hybridized carbons (Fsp3) is 0.0625. The number of benzene rings is 1. The van der Waals surface area contributed by atoms with Crippen LogP contribution in [-0.2, 0) is 0 Å². The molecule has 0 aliphatic rings. The molecule has 0 fully saturated rings. The molecule has 0 aliphatic carbocycles. The van der Waals surface area contributed by atoms with Crippen molar-refractivity contribution in [3.05, 3.63) is 54.5 Å². The highest BCUT2D eigenvalue weighted by atomic mass is 16.5. The van der Waals surface area contributed by atoms with Crippen LogP contribution in [0.5, 0.6) is 5.75 Å². The van der Waals surface area contributed by atoms with Crippen LogP contribution in [0, 0.1) is 0 Å². The van der Waals surface area contributed by atoms with Gasteiger partial charge in [-0.1, -0.05) is 18.2 Å². The largest absolute Gasteiger partial charge is 0.496 e. The molecule has 5 heteroatoms. The van der Waals surface area contributed by atoms with Crippen molar-refractivity contribution >= 4 is 16.8 Å². The second-order valence-corrected chi connectivity index (χ2v) is 4.54. The Hall–Kier alpha value is -2.95. The molecule has 2 aromatic heterocycles. The summed E-state index contributed by atoms with van der Waals surface area (Å²) >= 11 is 0. The Balaban J connectivity index is 2.31. The minimum atomic E-state index is -0.507. The number of rotatable bonds is 3. The average Bonchev–Trinajstić information content (AvgIpc) is 2.53. The van der Waals surface area contributed by atoms with E-state index in [0.717, 1.165) is 22.3 Å². The van der Waals surface area contributed by atoms with Crippen molar-refractivity contribution in [2.24, 2.45) is 5.73 Å². The van der Waals surface area contributed by atoms with Crippen molar-refractivity contribution in [3.8, 4) is 16.9 Å². The van der Waals surface area contributed by atoms with Crippen LogP contribution in [0.3, 0.4) is 0 Å². The maximum atomic E-state index is 11.4. The van der Waals surface area contributed by atoms with E-state index in [1.54, 1.807) is 25.6 Å². The van der Waals surface area contributed by atoms with Gasteiger partial charge in [0.1, 0.15) is 5.75 Å². The Morgan fingerprint density at radius 2 is 1.95 bits per heavy atom. The molecule has 1 aromatic carbocycles. The van der Waals surface area contributed by atoms with Gasteiger partial charge in [0.2, 0.25) is 5.91 Å². The zero-order valence-corrected chi connectivity index (χ0v) is 11.4. The monoisotopic (exact) mass is 279 g/mol. The molecule has 104 valence electrons. The Labute approximate surface area is 121 Å². The number of nitrogens with two attached hydrogens (primary N) is 1. The molecule has 21 heavy (non-hydrogen) atoms. The van der Waals surface area contributed by atoms with E-state index >= 15 is 0 Å². The first-order chi connectivity index (χ1) is 10.2. The number of nitrogens with zero attached hydrogens (tertiary/aromatic N) is 2. The first kappa shape index (κ1) is 13.1. The third kappa shape index (κ3) is 2.29. The summed E-state index contributed by atoms with van der Waals surface area (Å²) in [5.41, 5.74) is 8.13. The number of hydrogen-bond donors (Lipinski definition) is 1. The summed E-state index contributed by atoms with van der Waals surface area (Å²) in [4.78, 5) is 19.8. The van der Waals surface area contributed by atoms with Crippen LogP contribution in [-0.4, -0.2) is 23.0 Å². The Bertz CT molecular complexity index is 831. The highest BCUT2D eigenvalue weighted by Crippen LogP contribution is 2.33. The first-order valence-corrected chi connectivity index (χ1v) is 6.37. The molecule has 5 nitrogen and oxygen atoms in total. The summed E-state index contributed by atoms with van der Waals surface area (Å²) in [5, 5.41) is 0.811. The lowest BCUT2D eigenvalue weighted by Gasteiger charge is -2.10. The van der Waals surface area contributed by atoms with E-state index in [1.165, 1.54) is 6.20 Å². The fourth-order valence-electron chi connectivity index (χ4n) is 2.26. The number of carbonyl (C=O) groups is 1. The predicted octanol–water partition coefficient (Wildman–Crippen LogP) is 2.40. The SMILES string of the molecule is COc1ccccc1-c1cncc2ncc(C(N)=O)cc12. The van der Waals surface area contributed by atoms with E-state index in [0.29, 0.717) is 11.1 Å². The standard InChI is InChI=1S/C16H13N3O2/c1-21-15-5-3-2-4-11(15)13-8-18-9-14-12(13)6-10(7-19-14)16(17)20/h2-9H,1H3,(H2,17,20). The van der Waals surface area contributed by atoms with Gasteiger partial charge in [-0.05, 0) is 12.1 Å². The van der Waals surface area contributed by atoms with Gasteiger partial charge >= 0.3 is 0 Å². The van der Waals surface area contributed by atoms with E-state index in [1.807, 2.05) is 24.3 Å². The first-order valence-electron chi connectivity index (χ1n) is 6.37. The summed E-state index contributed by atoms with van der Waals surface area (Å²) in [7, 11) is 1.62. The van der Waals surface area contributed by atoms with Crippen molar-refractivity contribution in [1.82, 2.24) is 9.97 Å². The Morgan fingerprint density at radius 3 is 2.71 bits per heavy atom. The van der Waals surface area contributed by atoms with Gasteiger partial charge < -0.3 is 10.5 Å². The molecule has 3 rings (SSSR count). The van der Waals surface area contributed by atoms with Crippen LogP contribution in [0.25, 0.3) is 22.0 Å². The minimum Gasteiger partial charge on any atom is -0.496 e. The molecule has 3 aromatic rings. The summed E-state index contributed by atoms with van der Waals surface area (Å²) in [6, 6.07) is 9.36. The molecule has 0 saturated heterocycles. The fourth-order valence-corrected chi connectivity index (χ4v) is 2.26. The Morgan fingerprint density at radius 1 is 1.14 bits per heavy atom. The molecule has 0 atom stereocenters. The Kier molecular flexibility index (Phi) is 3.23. The van der Waals surface area contributed by atoms with Gasteiger partial charge in [-0.15, -0.1) is 0 Å². The van der Waals surface area contributed by atoms with Gasteiger partial charge in [-0.3, -0.25) is 14.8 Å². The second-order valence-electron chi connectivity index (χ2n) is 4.54. The molecule has 0 saturated carbocycles. The highest BCUT2D eigenvalue weighted by Gasteiger charge is 2.11. The van der Waals surface area contributed by atoms with Crippen molar-refractivity contribution < 1.29 is 9.53 Å². The van der Waals surface area contributed by atoms with Crippen molar-refractivity contribution in [1.29, 1.82) is 0 Å². The van der Waals surface area contributed by atoms with Gasteiger partial charge in [0, 0.05) is 28.9 Å². The molecule has 0 radical (unpaired) electrons. The summed E-state index contributed by atoms with van der Waals surface area (Å²) in [6.45, 7) is 0. The molecule has 2 heterocycles. The highest BCUT2D eigenvalue weighted by molar-refractivity contribution is 6.01. The lowest BCUT2D eigenvalue weighted by molar-refractivity contribution is 0.1000. The smallest absolute Gasteiger partial charge is 0.250 e. The van der Waals surface area contributed by atoms with Crippen LogP contribution in [0.2, 0.25) is 0 Å². The molecule has 0 unspecified atom stereocenters. The topological polar surface area (TPSA) is 78.1 Å². The van der Waals surface area contributed by atoms with Gasteiger partial charge in [0.25, 0.3) is 0 Å². The molecule has 2 N–H and O–H groups in total. The van der Waals surface area contributed by atoms with E-state index in [-0.39, 0.29) is 0 Å². The third-order valence-electron chi connectivity index (χ3n) is 3.29. The maximum Gasteiger partial charge on any atom is 0.250 e. The zero-order chi connectivity index (χ0) is 14.8. The van der Waals surface area contributed by atoms with Crippen molar-refractivity contribution in [3.63, 3.8) is 0 Å². The lowest BCUT2D eigenvalue weighted by Crippen LogP contribution is -2.11. The molecular formula is C16H13N3O2. The maximum absolute atomic E-state index is 11.4. The summed E-state index contributed by atoms with van der Waals surface area (Å²) in [6.07, 6.45) is 4.84. The molecule has 0 spiro atoms. The molecule has 0 aliphatic heterocycles. The minimum absolute atomic E-state index is 0.366. The van der Waals surface area contributed by atoms with Crippen LogP contribution in [0.1, 0.15) is 10.4 Å². The lowest BCUT2D eigenvalue weighted by atomic mass is 10.0. The van der Waals surface area contributed by atoms with Gasteiger partial charge in [-0.25, -0.2) is 0 Å². The van der Waals surface area contributed by atoms with Gasteiger partial charge in [0.05, 0.1) is 24.4 Å². The van der Waals surface area contributed by atoms with Crippen LogP contribution in [0.15, 0.2) is 48.9 Å². The van der Waals surface area contributed by atoms with E-state index < -0.39 is 5.91 Å². The number of amides is 1. The third-order valence-corrected chi connectivity index (χ3v) is 3.29. The van der Waals surface area contributed by atoms with Crippen LogP contribution >= 0.6 is 0 Å². The van der Waals surface area contributed by atoms with Crippen molar-refractivity contribution in [2.45, 2.75) is 0 Å². The van der Waals surface area contributed by atoms with E-state index in [9.17, 15) is 4.79 Å². The van der Waals surface area contributed by atoms with E-state index in [2.05, 4.69) is 9.97 Å². The van der Waals surface area contributed by atoms with E-state index in [4.69, 9.17) is 10.5 Å². The summed E-state index contributed by atoms with van der Waals surface area (Å²) in [5.74, 6) is 0.225. The number of hydrogen-bond acceptors (Lipinski definition) is 4. The summed E-state index contributed by atoms with van der Waals surface area (Å²) < 4.78 is 5.39. The van der Waals surface area contributed by atoms with Crippen LogP contribution < -0.4 is 10.5 Å². The normalized spacial score (nSPS) is 10.5. The zero-order valence-electron chi connectivity index (χ0n) is 11.4. The number of para-hydroxylation sites is 1. The number of pyridine rings is 2. The number of fused-ring (bicyclic) bond motifs is 1. The quantitative estimate of drug-likeness (QED) is 0.798. The van der Waals surface area contributed by atoms with Gasteiger partial charge in [-0.2, -0.15) is 0 Å². The van der Waals surface area contributed by atoms with Crippen molar-refractivity contribution in [2.75, 3.05) is 7.11 Å². The number of methoxy groups -OCH3 is 1. The number of carbonyl (C=O) groups excluding carboxylic acids is 1.